The summed E-state index contributed by atoms with van der Waals surface area (Å²) in [5.41, 5.74) is 2.00. The largest absolute Gasteiger partial charge is 0.381 e. The highest BCUT2D eigenvalue weighted by Crippen LogP contribution is 2.35. The Bertz CT molecular complexity index is 424. The van der Waals surface area contributed by atoms with Crippen LogP contribution < -0.4 is 15.5 Å². The van der Waals surface area contributed by atoms with Gasteiger partial charge in [0.1, 0.15) is 5.82 Å². The quantitative estimate of drug-likeness (QED) is 0.761. The molecule has 1 aromatic carbocycles. The maximum absolute atomic E-state index is 13.5. The van der Waals surface area contributed by atoms with Crippen LogP contribution in [0.15, 0.2) is 16.6 Å². The summed E-state index contributed by atoms with van der Waals surface area (Å²) in [5, 5.41) is 6.71. The fraction of sp³-hybridized carbons (Fsp3) is 0.455. The Morgan fingerprint density at radius 3 is 3.12 bits per heavy atom. The van der Waals surface area contributed by atoms with Gasteiger partial charge in [-0.2, -0.15) is 0 Å². The number of fused-ring (bicyclic) bond motifs is 3. The SMILES string of the molecule is Fc1cc2c(cc1Br)NCC1CNCCN21. The number of hydrogen-bond donors (Lipinski definition) is 2. The Morgan fingerprint density at radius 2 is 2.25 bits per heavy atom. The van der Waals surface area contributed by atoms with Crippen LogP contribution in [0.5, 0.6) is 0 Å². The van der Waals surface area contributed by atoms with E-state index in [4.69, 9.17) is 0 Å². The van der Waals surface area contributed by atoms with Gasteiger partial charge in [0.2, 0.25) is 0 Å². The molecule has 86 valence electrons. The maximum Gasteiger partial charge on any atom is 0.139 e. The molecule has 2 heterocycles. The highest BCUT2D eigenvalue weighted by molar-refractivity contribution is 9.10. The highest BCUT2D eigenvalue weighted by Gasteiger charge is 2.28. The van der Waals surface area contributed by atoms with Crippen molar-refractivity contribution < 1.29 is 4.39 Å². The molecule has 3 rings (SSSR count). The molecule has 0 spiro atoms. The Balaban J connectivity index is 2.04. The van der Waals surface area contributed by atoms with Crippen LogP contribution in [-0.2, 0) is 0 Å². The molecule has 1 fully saturated rings. The number of nitrogens with one attached hydrogen (secondary N) is 2. The van der Waals surface area contributed by atoms with E-state index < -0.39 is 0 Å². The molecule has 5 heteroatoms. The predicted octanol–water partition coefficient (Wildman–Crippen LogP) is 1.79. The van der Waals surface area contributed by atoms with Gasteiger partial charge < -0.3 is 15.5 Å². The Kier molecular flexibility index (Phi) is 2.52. The molecule has 1 saturated heterocycles. The van der Waals surface area contributed by atoms with Gasteiger partial charge >= 0.3 is 0 Å². The van der Waals surface area contributed by atoms with Crippen LogP contribution in [0.3, 0.4) is 0 Å². The van der Waals surface area contributed by atoms with Crippen LogP contribution in [0, 0.1) is 5.82 Å². The molecular formula is C11H13BrFN3. The van der Waals surface area contributed by atoms with Crippen LogP contribution in [0.4, 0.5) is 15.8 Å². The highest BCUT2D eigenvalue weighted by atomic mass is 79.9. The zero-order valence-electron chi connectivity index (χ0n) is 8.76. The first-order valence-electron chi connectivity index (χ1n) is 5.46. The molecule has 16 heavy (non-hydrogen) atoms. The average molecular weight is 286 g/mol. The fourth-order valence-electron chi connectivity index (χ4n) is 2.40. The minimum Gasteiger partial charge on any atom is -0.381 e. The molecular weight excluding hydrogens is 273 g/mol. The number of piperazine rings is 1. The van der Waals surface area contributed by atoms with E-state index in [0.29, 0.717) is 10.5 Å². The first kappa shape index (κ1) is 10.4. The molecule has 2 aliphatic heterocycles. The second-order valence-electron chi connectivity index (χ2n) is 4.22. The van der Waals surface area contributed by atoms with Crippen molar-refractivity contribution in [1.82, 2.24) is 5.32 Å². The van der Waals surface area contributed by atoms with Gasteiger partial charge in [-0.05, 0) is 22.0 Å². The van der Waals surface area contributed by atoms with Crippen molar-refractivity contribution in [1.29, 1.82) is 0 Å². The number of hydrogen-bond acceptors (Lipinski definition) is 3. The predicted molar refractivity (Wildman–Crippen MR) is 66.6 cm³/mol. The number of benzene rings is 1. The third kappa shape index (κ3) is 1.58. The van der Waals surface area contributed by atoms with Crippen molar-refractivity contribution in [3.8, 4) is 0 Å². The molecule has 2 N–H and O–H groups in total. The van der Waals surface area contributed by atoms with Crippen LogP contribution in [0.2, 0.25) is 0 Å². The molecule has 0 amide bonds. The van der Waals surface area contributed by atoms with Crippen LogP contribution in [0.25, 0.3) is 0 Å². The first-order chi connectivity index (χ1) is 7.75. The van der Waals surface area contributed by atoms with E-state index in [2.05, 4.69) is 31.5 Å². The van der Waals surface area contributed by atoms with Crippen LogP contribution in [0.1, 0.15) is 0 Å². The Hall–Kier alpha value is -0.810. The van der Waals surface area contributed by atoms with E-state index in [1.54, 1.807) is 6.07 Å². The normalized spacial score (nSPS) is 23.4. The number of nitrogens with zero attached hydrogens (tertiary/aromatic N) is 1. The van der Waals surface area contributed by atoms with E-state index in [0.717, 1.165) is 37.6 Å². The van der Waals surface area contributed by atoms with Crippen molar-refractivity contribution in [2.75, 3.05) is 36.4 Å². The van der Waals surface area contributed by atoms with Gasteiger partial charge in [0.25, 0.3) is 0 Å². The van der Waals surface area contributed by atoms with Gasteiger partial charge in [-0.3, -0.25) is 0 Å². The lowest BCUT2D eigenvalue weighted by atomic mass is 10.1. The molecule has 0 radical (unpaired) electrons. The van der Waals surface area contributed by atoms with Gasteiger partial charge in [0.05, 0.1) is 21.9 Å². The fourth-order valence-corrected chi connectivity index (χ4v) is 2.75. The zero-order chi connectivity index (χ0) is 11.1. The van der Waals surface area contributed by atoms with E-state index in [-0.39, 0.29) is 5.82 Å². The van der Waals surface area contributed by atoms with Gasteiger partial charge in [-0.1, -0.05) is 0 Å². The van der Waals surface area contributed by atoms with Crippen molar-refractivity contribution in [2.24, 2.45) is 0 Å². The summed E-state index contributed by atoms with van der Waals surface area (Å²) in [5.74, 6) is -0.195. The summed E-state index contributed by atoms with van der Waals surface area (Å²) in [4.78, 5) is 2.29. The average Bonchev–Trinajstić information content (AvgIpc) is 2.31. The lowest BCUT2D eigenvalue weighted by Crippen LogP contribution is -2.56. The minimum absolute atomic E-state index is 0.195. The second-order valence-corrected chi connectivity index (χ2v) is 5.07. The van der Waals surface area contributed by atoms with Crippen LogP contribution >= 0.6 is 15.9 Å². The summed E-state index contributed by atoms with van der Waals surface area (Å²) in [6, 6.07) is 3.87. The third-order valence-corrected chi connectivity index (χ3v) is 3.83. The zero-order valence-corrected chi connectivity index (χ0v) is 10.3. The topological polar surface area (TPSA) is 27.3 Å². The van der Waals surface area contributed by atoms with E-state index in [1.807, 2.05) is 6.07 Å². The van der Waals surface area contributed by atoms with E-state index in [9.17, 15) is 4.39 Å². The number of halogens is 2. The molecule has 2 aliphatic rings. The summed E-state index contributed by atoms with van der Waals surface area (Å²) in [6.45, 7) is 3.79. The van der Waals surface area contributed by atoms with Gasteiger partial charge in [0.15, 0.2) is 0 Å². The molecule has 0 bridgehead atoms. The van der Waals surface area contributed by atoms with E-state index in [1.165, 1.54) is 0 Å². The molecule has 1 unspecified atom stereocenters. The summed E-state index contributed by atoms with van der Waals surface area (Å²) in [7, 11) is 0. The number of anilines is 2. The lowest BCUT2D eigenvalue weighted by Gasteiger charge is -2.42. The molecule has 3 nitrogen and oxygen atoms in total. The summed E-state index contributed by atoms with van der Waals surface area (Å²) in [6.07, 6.45) is 0. The standard InChI is InChI=1S/C11H13BrFN3/c12-8-3-10-11(4-9(8)13)16-2-1-14-5-7(16)6-15-10/h3-4,7,14-15H,1-2,5-6H2. The molecule has 0 saturated carbocycles. The Morgan fingerprint density at radius 1 is 1.38 bits per heavy atom. The van der Waals surface area contributed by atoms with Crippen molar-refractivity contribution in [3.05, 3.63) is 22.4 Å². The second kappa shape index (κ2) is 3.89. The maximum atomic E-state index is 13.5. The molecule has 1 aromatic rings. The third-order valence-electron chi connectivity index (χ3n) is 3.23. The van der Waals surface area contributed by atoms with Gasteiger partial charge in [0, 0.05) is 32.2 Å². The van der Waals surface area contributed by atoms with Crippen LogP contribution in [-0.4, -0.2) is 32.2 Å². The monoisotopic (exact) mass is 285 g/mol. The smallest absolute Gasteiger partial charge is 0.139 e. The van der Waals surface area contributed by atoms with Crippen molar-refractivity contribution in [3.63, 3.8) is 0 Å². The van der Waals surface area contributed by atoms with E-state index >= 15 is 0 Å². The van der Waals surface area contributed by atoms with Gasteiger partial charge in [-0.25, -0.2) is 4.39 Å². The first-order valence-corrected chi connectivity index (χ1v) is 6.25. The molecule has 0 aromatic heterocycles. The Labute approximate surface area is 102 Å². The minimum atomic E-state index is -0.195. The van der Waals surface area contributed by atoms with Gasteiger partial charge in [-0.15, -0.1) is 0 Å². The number of rotatable bonds is 0. The summed E-state index contributed by atoms with van der Waals surface area (Å²) >= 11 is 3.22. The lowest BCUT2D eigenvalue weighted by molar-refractivity contribution is 0.480. The molecule has 1 atom stereocenters. The summed E-state index contributed by atoms with van der Waals surface area (Å²) < 4.78 is 14.1. The van der Waals surface area contributed by atoms with Crippen molar-refractivity contribution >= 4 is 27.3 Å². The van der Waals surface area contributed by atoms with Crippen molar-refractivity contribution in [2.45, 2.75) is 6.04 Å². The molecule has 0 aliphatic carbocycles.